The molecule has 0 unspecified atom stereocenters. The van der Waals surface area contributed by atoms with E-state index in [1.807, 2.05) is 18.2 Å². The Bertz CT molecular complexity index is 1380. The maximum absolute atomic E-state index is 15.1. The number of thiazole rings is 1. The van der Waals surface area contributed by atoms with Gasteiger partial charge < -0.3 is 5.11 Å². The number of rotatable bonds is 6. The van der Waals surface area contributed by atoms with Crippen LogP contribution in [0.15, 0.2) is 60.7 Å². The molecule has 7 heteroatoms. The lowest BCUT2D eigenvalue weighted by atomic mass is 9.92. The van der Waals surface area contributed by atoms with Crippen molar-refractivity contribution in [2.24, 2.45) is 5.92 Å². The summed E-state index contributed by atoms with van der Waals surface area (Å²) in [6.45, 7) is 1.78. The zero-order valence-corrected chi connectivity index (χ0v) is 19.4. The van der Waals surface area contributed by atoms with Gasteiger partial charge in [-0.2, -0.15) is 0 Å². The van der Waals surface area contributed by atoms with Gasteiger partial charge in [0.25, 0.3) is 0 Å². The molecule has 1 aliphatic heterocycles. The summed E-state index contributed by atoms with van der Waals surface area (Å²) in [5.74, 6) is -1.40. The van der Waals surface area contributed by atoms with Crippen LogP contribution in [0.5, 0.6) is 0 Å². The van der Waals surface area contributed by atoms with Gasteiger partial charge in [0.1, 0.15) is 21.2 Å². The first-order valence-corrected chi connectivity index (χ1v) is 12.4. The average molecular weight is 474 g/mol. The van der Waals surface area contributed by atoms with Crippen LogP contribution in [0.3, 0.4) is 0 Å². The second-order valence-electron chi connectivity index (χ2n) is 9.36. The Balaban J connectivity index is 1.25. The zero-order valence-electron chi connectivity index (χ0n) is 18.6. The summed E-state index contributed by atoms with van der Waals surface area (Å²) in [6, 6.07) is 19.8. The smallest absolute Gasteiger partial charge is 0.307 e. The minimum Gasteiger partial charge on any atom is -0.481 e. The number of carboxylic acids is 1. The number of hydrogen-bond donors (Lipinski definition) is 1. The molecule has 0 bridgehead atoms. The maximum Gasteiger partial charge on any atom is 0.307 e. The SMILES string of the molecule is O=C(O)[C@@H]1CCN(Cc2ccc(-c3nc4ccc(C5(c6ccccc6)CC5)nc4s3)c(F)c2)C1. The van der Waals surface area contributed by atoms with Gasteiger partial charge in [-0.25, -0.2) is 14.4 Å². The summed E-state index contributed by atoms with van der Waals surface area (Å²) in [7, 11) is 0. The second kappa shape index (κ2) is 8.25. The molecule has 0 radical (unpaired) electrons. The molecule has 2 aromatic heterocycles. The lowest BCUT2D eigenvalue weighted by Gasteiger charge is -2.15. The summed E-state index contributed by atoms with van der Waals surface area (Å²) in [5.41, 5.74) is 4.44. The Labute approximate surface area is 200 Å². The normalized spacial score (nSPS) is 19.5. The van der Waals surface area contributed by atoms with Crippen LogP contribution in [-0.4, -0.2) is 39.0 Å². The lowest BCUT2D eigenvalue weighted by molar-refractivity contribution is -0.141. The van der Waals surface area contributed by atoms with Crippen LogP contribution in [0.2, 0.25) is 0 Å². The van der Waals surface area contributed by atoms with Gasteiger partial charge in [0.2, 0.25) is 0 Å². The highest BCUT2D eigenvalue weighted by Crippen LogP contribution is 2.53. The van der Waals surface area contributed by atoms with Gasteiger partial charge in [-0.05, 0) is 61.2 Å². The second-order valence-corrected chi connectivity index (χ2v) is 10.3. The van der Waals surface area contributed by atoms with Crippen molar-refractivity contribution in [3.8, 4) is 10.6 Å². The van der Waals surface area contributed by atoms with Crippen molar-refractivity contribution in [3.05, 3.63) is 83.3 Å². The molecule has 0 spiro atoms. The highest BCUT2D eigenvalue weighted by atomic mass is 32.1. The van der Waals surface area contributed by atoms with Gasteiger partial charge in [-0.1, -0.05) is 47.7 Å². The van der Waals surface area contributed by atoms with E-state index in [0.29, 0.717) is 30.1 Å². The Morgan fingerprint density at radius 2 is 1.94 bits per heavy atom. The summed E-state index contributed by atoms with van der Waals surface area (Å²) >= 11 is 1.42. The Hall–Kier alpha value is -3.16. The van der Waals surface area contributed by atoms with Crippen LogP contribution in [0.4, 0.5) is 4.39 Å². The first kappa shape index (κ1) is 21.4. The predicted molar refractivity (Wildman–Crippen MR) is 130 cm³/mol. The topological polar surface area (TPSA) is 66.3 Å². The van der Waals surface area contributed by atoms with E-state index >= 15 is 4.39 Å². The van der Waals surface area contributed by atoms with Gasteiger partial charge in [0.05, 0.1) is 11.6 Å². The number of likely N-dealkylation sites (tertiary alicyclic amines) is 1. The molecule has 2 aliphatic rings. The maximum atomic E-state index is 15.1. The summed E-state index contributed by atoms with van der Waals surface area (Å²) in [4.78, 5) is 23.7. The van der Waals surface area contributed by atoms with Crippen molar-refractivity contribution in [1.82, 2.24) is 14.9 Å². The molecule has 5 nitrogen and oxygen atoms in total. The predicted octanol–water partition coefficient (Wildman–Crippen LogP) is 5.48. The zero-order chi connectivity index (χ0) is 23.3. The Morgan fingerprint density at radius 3 is 2.65 bits per heavy atom. The highest BCUT2D eigenvalue weighted by Gasteiger charge is 2.47. The number of halogens is 1. The van der Waals surface area contributed by atoms with Gasteiger partial charge in [0, 0.05) is 24.1 Å². The molecule has 2 fully saturated rings. The van der Waals surface area contributed by atoms with Crippen molar-refractivity contribution in [3.63, 3.8) is 0 Å². The fourth-order valence-electron chi connectivity index (χ4n) is 5.04. The number of carbonyl (C=O) groups is 1. The number of fused-ring (bicyclic) bond motifs is 1. The molecule has 1 saturated heterocycles. The average Bonchev–Trinajstić information content (AvgIpc) is 3.32. The van der Waals surface area contributed by atoms with Crippen LogP contribution in [0.1, 0.15) is 36.1 Å². The molecule has 1 saturated carbocycles. The number of nitrogens with zero attached hydrogens (tertiary/aromatic N) is 3. The van der Waals surface area contributed by atoms with E-state index in [2.05, 4.69) is 40.2 Å². The van der Waals surface area contributed by atoms with E-state index in [0.717, 1.165) is 41.0 Å². The van der Waals surface area contributed by atoms with Crippen molar-refractivity contribution in [2.75, 3.05) is 13.1 Å². The molecule has 1 aliphatic carbocycles. The third-order valence-electron chi connectivity index (χ3n) is 7.11. The first-order chi connectivity index (χ1) is 16.5. The molecular formula is C27H24FN3O2S. The third-order valence-corrected chi connectivity index (χ3v) is 8.11. The van der Waals surface area contributed by atoms with E-state index < -0.39 is 5.97 Å². The molecular weight excluding hydrogens is 449 g/mol. The summed E-state index contributed by atoms with van der Waals surface area (Å²) in [6.07, 6.45) is 2.81. The number of hydrogen-bond acceptors (Lipinski definition) is 5. The molecule has 1 N–H and O–H groups in total. The molecule has 1 atom stereocenters. The van der Waals surface area contributed by atoms with Crippen LogP contribution >= 0.6 is 11.3 Å². The number of benzene rings is 2. The quantitative estimate of drug-likeness (QED) is 0.401. The van der Waals surface area contributed by atoms with E-state index in [-0.39, 0.29) is 17.2 Å². The van der Waals surface area contributed by atoms with Crippen LogP contribution < -0.4 is 0 Å². The largest absolute Gasteiger partial charge is 0.481 e. The van der Waals surface area contributed by atoms with Gasteiger partial charge >= 0.3 is 5.97 Å². The van der Waals surface area contributed by atoms with E-state index in [1.54, 1.807) is 12.1 Å². The fraction of sp³-hybridized carbons (Fsp3) is 0.296. The number of aromatic nitrogens is 2. The first-order valence-electron chi connectivity index (χ1n) is 11.6. The molecule has 172 valence electrons. The highest BCUT2D eigenvalue weighted by molar-refractivity contribution is 7.21. The summed E-state index contributed by atoms with van der Waals surface area (Å²) in [5, 5.41) is 9.81. The molecule has 4 aromatic rings. The van der Waals surface area contributed by atoms with Crippen LogP contribution in [0, 0.1) is 11.7 Å². The van der Waals surface area contributed by atoms with E-state index in [9.17, 15) is 9.90 Å². The van der Waals surface area contributed by atoms with Crippen molar-refractivity contribution in [1.29, 1.82) is 0 Å². The minimum absolute atomic E-state index is 0.0122. The third kappa shape index (κ3) is 3.79. The van der Waals surface area contributed by atoms with E-state index in [1.165, 1.54) is 16.9 Å². The molecule has 0 amide bonds. The van der Waals surface area contributed by atoms with Gasteiger partial charge in [-0.3, -0.25) is 9.69 Å². The van der Waals surface area contributed by atoms with Gasteiger partial charge in [0.15, 0.2) is 0 Å². The lowest BCUT2D eigenvalue weighted by Crippen LogP contribution is -2.22. The van der Waals surface area contributed by atoms with Crippen LogP contribution in [0.25, 0.3) is 20.9 Å². The Kier molecular flexibility index (Phi) is 5.19. The van der Waals surface area contributed by atoms with E-state index in [4.69, 9.17) is 4.98 Å². The minimum atomic E-state index is -0.756. The number of carboxylic acid groups (broad SMARTS) is 1. The van der Waals surface area contributed by atoms with Gasteiger partial charge in [-0.15, -0.1) is 0 Å². The standard InChI is InChI=1S/C27H24FN3O2S/c28-21-14-17(15-31-13-10-18(16-31)26(32)33)6-7-20(21)24-29-22-8-9-23(30-25(22)34-24)27(11-12-27)19-4-2-1-3-5-19/h1-9,14,18H,10-13,15-16H2,(H,32,33)/t18-/m1/s1. The van der Waals surface area contributed by atoms with Crippen molar-refractivity contribution >= 4 is 27.7 Å². The van der Waals surface area contributed by atoms with Crippen molar-refractivity contribution in [2.45, 2.75) is 31.2 Å². The molecule has 2 aromatic carbocycles. The molecule has 34 heavy (non-hydrogen) atoms. The molecule has 6 rings (SSSR count). The Morgan fingerprint density at radius 1 is 1.12 bits per heavy atom. The van der Waals surface area contributed by atoms with Crippen LogP contribution in [-0.2, 0) is 16.8 Å². The molecule has 3 heterocycles. The number of aliphatic carboxylic acids is 1. The number of pyridine rings is 1. The summed E-state index contributed by atoms with van der Waals surface area (Å²) < 4.78 is 15.1. The van der Waals surface area contributed by atoms with Crippen molar-refractivity contribution < 1.29 is 14.3 Å². The fourth-order valence-corrected chi connectivity index (χ4v) is 6.01. The monoisotopic (exact) mass is 473 g/mol.